The number of pyridine rings is 2. The van der Waals surface area contributed by atoms with Gasteiger partial charge >= 0.3 is 0 Å². The van der Waals surface area contributed by atoms with Crippen molar-refractivity contribution in [3.05, 3.63) is 54.0 Å². The van der Waals surface area contributed by atoms with Gasteiger partial charge in [0.05, 0.1) is 13.0 Å². The number of hydrogen-bond acceptors (Lipinski definition) is 5. The lowest BCUT2D eigenvalue weighted by molar-refractivity contribution is -0.131. The first-order chi connectivity index (χ1) is 15.7. The molecule has 2 amide bonds. The van der Waals surface area contributed by atoms with Crippen LogP contribution >= 0.6 is 0 Å². The molecule has 170 valence electrons. The Bertz CT molecular complexity index is 891. The van der Waals surface area contributed by atoms with Gasteiger partial charge in [0.25, 0.3) is 5.91 Å². The number of carbonyl (C=O) groups excluding carboxylic acids is 2. The first-order valence-corrected chi connectivity index (χ1v) is 11.7. The van der Waals surface area contributed by atoms with E-state index in [2.05, 4.69) is 9.97 Å². The van der Waals surface area contributed by atoms with Gasteiger partial charge in [-0.25, -0.2) is 4.98 Å². The molecular weight excluding hydrogens is 404 g/mol. The van der Waals surface area contributed by atoms with Crippen molar-refractivity contribution in [3.63, 3.8) is 0 Å². The molecule has 2 aliphatic rings. The van der Waals surface area contributed by atoms with Gasteiger partial charge < -0.3 is 14.5 Å². The highest BCUT2D eigenvalue weighted by Gasteiger charge is 2.25. The second-order valence-electron chi connectivity index (χ2n) is 8.71. The Morgan fingerprint density at radius 1 is 0.969 bits per heavy atom. The molecule has 0 bridgehead atoms. The van der Waals surface area contributed by atoms with Crippen LogP contribution in [-0.4, -0.2) is 64.4 Å². The lowest BCUT2D eigenvalue weighted by atomic mass is 9.87. The summed E-state index contributed by atoms with van der Waals surface area (Å²) < 4.78 is 5.85. The summed E-state index contributed by atoms with van der Waals surface area (Å²) in [6.45, 7) is 2.72. The number of rotatable bonds is 7. The first-order valence-electron chi connectivity index (χ1n) is 11.7. The Hall–Kier alpha value is -2.96. The molecule has 3 heterocycles. The molecule has 1 aliphatic heterocycles. The molecule has 0 aromatic carbocycles. The van der Waals surface area contributed by atoms with Crippen LogP contribution in [0.2, 0.25) is 0 Å². The molecular formula is C25H32N4O3. The van der Waals surface area contributed by atoms with Crippen molar-refractivity contribution in [3.8, 4) is 5.88 Å². The van der Waals surface area contributed by atoms with Crippen LogP contribution in [0.4, 0.5) is 0 Å². The fraction of sp³-hybridized carbons (Fsp3) is 0.520. The third-order valence-corrected chi connectivity index (χ3v) is 6.44. The minimum absolute atomic E-state index is 0.0663. The summed E-state index contributed by atoms with van der Waals surface area (Å²) in [5, 5.41) is 0. The van der Waals surface area contributed by atoms with Crippen molar-refractivity contribution >= 4 is 11.8 Å². The predicted molar refractivity (Wildman–Crippen MR) is 121 cm³/mol. The monoisotopic (exact) mass is 436 g/mol. The van der Waals surface area contributed by atoms with Crippen LogP contribution in [0.15, 0.2) is 42.7 Å². The van der Waals surface area contributed by atoms with Gasteiger partial charge in [0.2, 0.25) is 11.8 Å². The second-order valence-corrected chi connectivity index (χ2v) is 8.71. The largest absolute Gasteiger partial charge is 0.478 e. The van der Waals surface area contributed by atoms with Crippen molar-refractivity contribution in [1.29, 1.82) is 0 Å². The molecule has 0 N–H and O–H groups in total. The highest BCUT2D eigenvalue weighted by Crippen LogP contribution is 2.26. The summed E-state index contributed by atoms with van der Waals surface area (Å²) in [6, 6.07) is 9.10. The molecule has 2 fully saturated rings. The number of hydrogen-bond donors (Lipinski definition) is 0. The number of aromatic nitrogens is 2. The number of amides is 2. The molecule has 4 rings (SSSR count). The van der Waals surface area contributed by atoms with Gasteiger partial charge in [-0.2, -0.15) is 0 Å². The molecule has 32 heavy (non-hydrogen) atoms. The molecule has 1 saturated carbocycles. The van der Waals surface area contributed by atoms with Crippen LogP contribution in [0, 0.1) is 5.92 Å². The lowest BCUT2D eigenvalue weighted by Crippen LogP contribution is -2.51. The van der Waals surface area contributed by atoms with Crippen LogP contribution < -0.4 is 4.74 Å². The van der Waals surface area contributed by atoms with Gasteiger partial charge in [-0.05, 0) is 30.0 Å². The van der Waals surface area contributed by atoms with Crippen LogP contribution in [0.1, 0.15) is 54.6 Å². The second kappa shape index (κ2) is 11.1. The molecule has 0 unspecified atom stereocenters. The Morgan fingerprint density at radius 2 is 1.75 bits per heavy atom. The maximum atomic E-state index is 12.9. The smallest absolute Gasteiger partial charge is 0.272 e. The van der Waals surface area contributed by atoms with Crippen molar-refractivity contribution in [2.75, 3.05) is 32.8 Å². The molecule has 0 spiro atoms. The summed E-state index contributed by atoms with van der Waals surface area (Å²) in [5.74, 6) is 1.22. The SMILES string of the molecule is O=C(Cc1cccnc1)N1CCN(C(=O)c2cccc(OCCC3CCCCC3)n2)CC1. The topological polar surface area (TPSA) is 75.6 Å². The van der Waals surface area contributed by atoms with Gasteiger partial charge in [0.15, 0.2) is 0 Å². The van der Waals surface area contributed by atoms with E-state index in [1.54, 1.807) is 23.4 Å². The number of carbonyl (C=O) groups is 2. The van der Waals surface area contributed by atoms with Crippen LogP contribution in [0.3, 0.4) is 0 Å². The van der Waals surface area contributed by atoms with Crippen molar-refractivity contribution in [2.24, 2.45) is 5.92 Å². The molecule has 0 atom stereocenters. The first kappa shape index (κ1) is 22.2. The highest BCUT2D eigenvalue weighted by molar-refractivity contribution is 5.92. The quantitative estimate of drug-likeness (QED) is 0.665. The fourth-order valence-electron chi connectivity index (χ4n) is 4.53. The van der Waals surface area contributed by atoms with E-state index in [0.29, 0.717) is 50.8 Å². The number of piperazine rings is 1. The van der Waals surface area contributed by atoms with E-state index in [4.69, 9.17) is 4.74 Å². The van der Waals surface area contributed by atoms with E-state index >= 15 is 0 Å². The molecule has 0 radical (unpaired) electrons. The minimum Gasteiger partial charge on any atom is -0.478 e. The third kappa shape index (κ3) is 6.05. The highest BCUT2D eigenvalue weighted by atomic mass is 16.5. The summed E-state index contributed by atoms with van der Waals surface area (Å²) in [7, 11) is 0. The zero-order chi connectivity index (χ0) is 22.2. The average molecular weight is 437 g/mol. The standard InChI is InChI=1S/C25H32N4O3/c30-24(18-21-8-5-12-26-19-21)28-13-15-29(16-14-28)25(31)22-9-4-10-23(27-22)32-17-11-20-6-2-1-3-7-20/h4-5,8-10,12,19-20H,1-3,6-7,11,13-18H2. The maximum absolute atomic E-state index is 12.9. The molecule has 1 aliphatic carbocycles. The third-order valence-electron chi connectivity index (χ3n) is 6.44. The minimum atomic E-state index is -0.109. The molecule has 7 heteroatoms. The van der Waals surface area contributed by atoms with E-state index in [0.717, 1.165) is 17.9 Å². The summed E-state index contributed by atoms with van der Waals surface area (Å²) in [5.41, 5.74) is 1.30. The van der Waals surface area contributed by atoms with Crippen molar-refractivity contribution in [2.45, 2.75) is 44.9 Å². The zero-order valence-corrected chi connectivity index (χ0v) is 18.6. The number of ether oxygens (including phenoxy) is 1. The Balaban J connectivity index is 1.24. The van der Waals surface area contributed by atoms with E-state index in [-0.39, 0.29) is 11.8 Å². The van der Waals surface area contributed by atoms with Crippen LogP contribution in [0.5, 0.6) is 5.88 Å². The Kier molecular flexibility index (Phi) is 7.69. The summed E-state index contributed by atoms with van der Waals surface area (Å²) in [6.07, 6.45) is 11.4. The zero-order valence-electron chi connectivity index (χ0n) is 18.6. The summed E-state index contributed by atoms with van der Waals surface area (Å²) in [4.78, 5) is 37.6. The van der Waals surface area contributed by atoms with Crippen molar-refractivity contribution < 1.29 is 14.3 Å². The molecule has 7 nitrogen and oxygen atoms in total. The predicted octanol–water partition coefficient (Wildman–Crippen LogP) is 3.35. The average Bonchev–Trinajstić information content (AvgIpc) is 2.85. The van der Waals surface area contributed by atoms with Gasteiger partial charge in [-0.15, -0.1) is 0 Å². The van der Waals surface area contributed by atoms with Crippen molar-refractivity contribution in [1.82, 2.24) is 19.8 Å². The van der Waals surface area contributed by atoms with E-state index in [1.807, 2.05) is 29.2 Å². The number of nitrogens with zero attached hydrogens (tertiary/aromatic N) is 4. The van der Waals surface area contributed by atoms with E-state index < -0.39 is 0 Å². The van der Waals surface area contributed by atoms with Crippen LogP contribution in [0.25, 0.3) is 0 Å². The van der Waals surface area contributed by atoms with Gasteiger partial charge in [0, 0.05) is 44.6 Å². The summed E-state index contributed by atoms with van der Waals surface area (Å²) >= 11 is 0. The Labute approximate surface area is 189 Å². The molecule has 1 saturated heterocycles. The molecule has 2 aromatic heterocycles. The van der Waals surface area contributed by atoms with Gasteiger partial charge in [0.1, 0.15) is 5.69 Å². The van der Waals surface area contributed by atoms with E-state index in [9.17, 15) is 9.59 Å². The fourth-order valence-corrected chi connectivity index (χ4v) is 4.53. The normalized spacial score (nSPS) is 17.2. The van der Waals surface area contributed by atoms with Crippen LogP contribution in [-0.2, 0) is 11.2 Å². The van der Waals surface area contributed by atoms with Gasteiger partial charge in [-0.1, -0.05) is 44.2 Å². The Morgan fingerprint density at radius 3 is 2.50 bits per heavy atom. The maximum Gasteiger partial charge on any atom is 0.272 e. The lowest BCUT2D eigenvalue weighted by Gasteiger charge is -2.34. The molecule has 2 aromatic rings. The van der Waals surface area contributed by atoms with E-state index in [1.165, 1.54) is 32.1 Å². The van der Waals surface area contributed by atoms with Gasteiger partial charge in [-0.3, -0.25) is 14.6 Å².